The SMILES string of the molecule is O=C(c1ccc(F)cc1)N1CCn2c(nnc2-c2cccc(-c3ccccc3)n2)C1. The molecule has 0 saturated heterocycles. The number of hydrogen-bond acceptors (Lipinski definition) is 4. The number of amides is 1. The normalized spacial score (nSPS) is 13.2. The zero-order chi connectivity index (χ0) is 20.5. The molecule has 30 heavy (non-hydrogen) atoms. The standard InChI is InChI=1S/C23H18FN5O/c24-18-11-9-17(10-12-18)23(30)28-13-14-29-21(15-28)26-27-22(29)20-8-4-7-19(25-20)16-5-2-1-3-6-16/h1-12H,13-15H2. The number of pyridine rings is 1. The van der Waals surface area contributed by atoms with Gasteiger partial charge in [0.25, 0.3) is 5.91 Å². The Labute approximate surface area is 172 Å². The highest BCUT2D eigenvalue weighted by Crippen LogP contribution is 2.24. The lowest BCUT2D eigenvalue weighted by Crippen LogP contribution is -2.38. The highest BCUT2D eigenvalue weighted by atomic mass is 19.1. The Kier molecular flexibility index (Phi) is 4.55. The van der Waals surface area contributed by atoms with Crippen LogP contribution in [0.1, 0.15) is 16.2 Å². The van der Waals surface area contributed by atoms with E-state index < -0.39 is 0 Å². The largest absolute Gasteiger partial charge is 0.329 e. The fourth-order valence-corrected chi connectivity index (χ4v) is 3.62. The van der Waals surface area contributed by atoms with Gasteiger partial charge in [-0.3, -0.25) is 4.79 Å². The van der Waals surface area contributed by atoms with Gasteiger partial charge >= 0.3 is 0 Å². The van der Waals surface area contributed by atoms with Crippen molar-refractivity contribution in [2.45, 2.75) is 13.1 Å². The molecule has 0 fully saturated rings. The van der Waals surface area contributed by atoms with Gasteiger partial charge in [-0.25, -0.2) is 9.37 Å². The zero-order valence-corrected chi connectivity index (χ0v) is 16.1. The van der Waals surface area contributed by atoms with Gasteiger partial charge in [-0.05, 0) is 36.4 Å². The topological polar surface area (TPSA) is 63.9 Å². The summed E-state index contributed by atoms with van der Waals surface area (Å²) < 4.78 is 15.1. The number of rotatable bonds is 3. The summed E-state index contributed by atoms with van der Waals surface area (Å²) >= 11 is 0. The second kappa shape index (κ2) is 7.51. The van der Waals surface area contributed by atoms with Crippen LogP contribution in [0.25, 0.3) is 22.8 Å². The van der Waals surface area contributed by atoms with Crippen molar-refractivity contribution in [2.24, 2.45) is 0 Å². The Morgan fingerprint density at radius 2 is 1.60 bits per heavy atom. The van der Waals surface area contributed by atoms with E-state index in [-0.39, 0.29) is 11.7 Å². The van der Waals surface area contributed by atoms with Crippen molar-refractivity contribution in [3.05, 3.63) is 90.0 Å². The second-order valence-corrected chi connectivity index (χ2v) is 7.10. The number of carbonyl (C=O) groups is 1. The molecule has 5 rings (SSSR count). The molecule has 0 unspecified atom stereocenters. The minimum Gasteiger partial charge on any atom is -0.329 e. The summed E-state index contributed by atoms with van der Waals surface area (Å²) in [6.45, 7) is 1.44. The van der Waals surface area contributed by atoms with Crippen LogP contribution in [0.2, 0.25) is 0 Å². The maximum atomic E-state index is 13.1. The summed E-state index contributed by atoms with van der Waals surface area (Å²) in [6, 6.07) is 21.4. The van der Waals surface area contributed by atoms with Crippen LogP contribution in [0.5, 0.6) is 0 Å². The molecule has 0 aliphatic carbocycles. The van der Waals surface area contributed by atoms with Crippen molar-refractivity contribution in [3.63, 3.8) is 0 Å². The summed E-state index contributed by atoms with van der Waals surface area (Å²) in [6.07, 6.45) is 0. The molecule has 0 N–H and O–H groups in total. The molecule has 0 radical (unpaired) electrons. The van der Waals surface area contributed by atoms with Gasteiger partial charge in [0.1, 0.15) is 11.5 Å². The third-order valence-corrected chi connectivity index (χ3v) is 5.18. The predicted molar refractivity (Wildman–Crippen MR) is 110 cm³/mol. The molecule has 6 nitrogen and oxygen atoms in total. The lowest BCUT2D eigenvalue weighted by molar-refractivity contribution is 0.0708. The van der Waals surface area contributed by atoms with Crippen LogP contribution in [0.3, 0.4) is 0 Å². The van der Waals surface area contributed by atoms with Crippen molar-refractivity contribution in [1.29, 1.82) is 0 Å². The molecule has 7 heteroatoms. The van der Waals surface area contributed by atoms with E-state index in [9.17, 15) is 9.18 Å². The molecule has 148 valence electrons. The van der Waals surface area contributed by atoms with E-state index in [1.165, 1.54) is 24.3 Å². The summed E-state index contributed by atoms with van der Waals surface area (Å²) in [5.41, 5.74) is 3.11. The molecule has 0 spiro atoms. The molecule has 1 aliphatic rings. The van der Waals surface area contributed by atoms with E-state index in [2.05, 4.69) is 10.2 Å². The first kappa shape index (κ1) is 18.2. The van der Waals surface area contributed by atoms with E-state index in [1.807, 2.05) is 53.1 Å². The molecule has 2 aromatic carbocycles. The maximum Gasteiger partial charge on any atom is 0.254 e. The summed E-state index contributed by atoms with van der Waals surface area (Å²) in [5, 5.41) is 8.64. The highest BCUT2D eigenvalue weighted by Gasteiger charge is 2.26. The molecule has 0 bridgehead atoms. The average Bonchev–Trinajstić information content (AvgIpc) is 3.23. The third kappa shape index (κ3) is 3.34. The number of carbonyl (C=O) groups excluding carboxylic acids is 1. The Balaban J connectivity index is 1.41. The first-order chi connectivity index (χ1) is 14.7. The molecular weight excluding hydrogens is 381 g/mol. The quantitative estimate of drug-likeness (QED) is 0.526. The van der Waals surface area contributed by atoms with Crippen LogP contribution in [-0.4, -0.2) is 37.1 Å². The molecule has 1 amide bonds. The first-order valence-corrected chi connectivity index (χ1v) is 9.69. The molecule has 1 aliphatic heterocycles. The second-order valence-electron chi connectivity index (χ2n) is 7.10. The van der Waals surface area contributed by atoms with E-state index in [1.54, 1.807) is 4.90 Å². The van der Waals surface area contributed by atoms with Gasteiger partial charge in [0.2, 0.25) is 0 Å². The van der Waals surface area contributed by atoms with E-state index in [4.69, 9.17) is 4.98 Å². The third-order valence-electron chi connectivity index (χ3n) is 5.18. The van der Waals surface area contributed by atoms with Crippen molar-refractivity contribution in [1.82, 2.24) is 24.6 Å². The van der Waals surface area contributed by atoms with E-state index in [0.29, 0.717) is 36.8 Å². The van der Waals surface area contributed by atoms with Crippen LogP contribution >= 0.6 is 0 Å². The fourth-order valence-electron chi connectivity index (χ4n) is 3.62. The minimum atomic E-state index is -0.361. The molecular formula is C23H18FN5O. The number of aromatic nitrogens is 4. The van der Waals surface area contributed by atoms with Crippen LogP contribution in [-0.2, 0) is 13.1 Å². The molecule has 4 aromatic rings. The molecule has 0 saturated carbocycles. The molecule has 3 heterocycles. The highest BCUT2D eigenvalue weighted by molar-refractivity contribution is 5.94. The number of halogens is 1. The van der Waals surface area contributed by atoms with Crippen molar-refractivity contribution in [2.75, 3.05) is 6.54 Å². The van der Waals surface area contributed by atoms with Crippen LogP contribution in [0.15, 0.2) is 72.8 Å². The van der Waals surface area contributed by atoms with Gasteiger partial charge < -0.3 is 9.47 Å². The minimum absolute atomic E-state index is 0.144. The fraction of sp³-hybridized carbons (Fsp3) is 0.130. The first-order valence-electron chi connectivity index (χ1n) is 9.69. The molecule has 0 atom stereocenters. The van der Waals surface area contributed by atoms with Crippen LogP contribution in [0.4, 0.5) is 4.39 Å². The Bertz CT molecular complexity index is 1200. The number of hydrogen-bond donors (Lipinski definition) is 0. The van der Waals surface area contributed by atoms with Gasteiger partial charge in [-0.2, -0.15) is 0 Å². The van der Waals surface area contributed by atoms with Gasteiger partial charge in [-0.15, -0.1) is 10.2 Å². The lowest BCUT2D eigenvalue weighted by Gasteiger charge is -2.27. The molecule has 2 aromatic heterocycles. The summed E-state index contributed by atoms with van der Waals surface area (Å²) in [7, 11) is 0. The summed E-state index contributed by atoms with van der Waals surface area (Å²) in [4.78, 5) is 19.2. The Morgan fingerprint density at radius 3 is 2.40 bits per heavy atom. The van der Waals surface area contributed by atoms with Gasteiger partial charge in [0.05, 0.1) is 12.2 Å². The van der Waals surface area contributed by atoms with Crippen molar-refractivity contribution >= 4 is 5.91 Å². The predicted octanol–water partition coefficient (Wildman–Crippen LogP) is 3.80. The van der Waals surface area contributed by atoms with Crippen LogP contribution < -0.4 is 0 Å². The van der Waals surface area contributed by atoms with Gasteiger partial charge in [0, 0.05) is 24.2 Å². The van der Waals surface area contributed by atoms with Crippen molar-refractivity contribution < 1.29 is 9.18 Å². The Morgan fingerprint density at radius 1 is 0.833 bits per heavy atom. The lowest BCUT2D eigenvalue weighted by atomic mass is 10.1. The average molecular weight is 399 g/mol. The van der Waals surface area contributed by atoms with Gasteiger partial charge in [-0.1, -0.05) is 36.4 Å². The summed E-state index contributed by atoms with van der Waals surface area (Å²) in [5.74, 6) is 0.894. The van der Waals surface area contributed by atoms with Crippen molar-refractivity contribution in [3.8, 4) is 22.8 Å². The van der Waals surface area contributed by atoms with E-state index >= 15 is 0 Å². The number of fused-ring (bicyclic) bond motifs is 1. The Hall–Kier alpha value is -3.87. The maximum absolute atomic E-state index is 13.1. The van der Waals surface area contributed by atoms with Crippen LogP contribution in [0, 0.1) is 5.82 Å². The monoisotopic (exact) mass is 399 g/mol. The van der Waals surface area contributed by atoms with E-state index in [0.717, 1.165) is 17.0 Å². The number of benzene rings is 2. The smallest absolute Gasteiger partial charge is 0.254 e. The zero-order valence-electron chi connectivity index (χ0n) is 16.1. The van der Waals surface area contributed by atoms with Gasteiger partial charge in [0.15, 0.2) is 11.6 Å². The number of nitrogens with zero attached hydrogens (tertiary/aromatic N) is 5.